The monoisotopic (exact) mass is 367 g/mol. The summed E-state index contributed by atoms with van der Waals surface area (Å²) in [6.45, 7) is 3.19. The molecule has 4 heterocycles. The first-order valence-electron chi connectivity index (χ1n) is 9.13. The van der Waals surface area contributed by atoms with Crippen molar-refractivity contribution < 1.29 is 9.21 Å². The summed E-state index contributed by atoms with van der Waals surface area (Å²) < 4.78 is 5.27. The molecule has 0 spiro atoms. The van der Waals surface area contributed by atoms with Crippen molar-refractivity contribution in [2.24, 2.45) is 0 Å². The largest absolute Gasteiger partial charge is 0.463 e. The molecule has 0 atom stereocenters. The molecule has 1 fully saturated rings. The Morgan fingerprint density at radius 3 is 2.74 bits per heavy atom. The van der Waals surface area contributed by atoms with Gasteiger partial charge >= 0.3 is 0 Å². The van der Waals surface area contributed by atoms with Crippen LogP contribution in [0.3, 0.4) is 0 Å². The zero-order valence-corrected chi connectivity index (χ0v) is 15.1. The summed E-state index contributed by atoms with van der Waals surface area (Å²) >= 11 is 0. The average Bonchev–Trinajstić information content (AvgIpc) is 3.39. The second kappa shape index (κ2) is 7.22. The number of rotatable bonds is 4. The number of H-pyrrole nitrogens is 2. The van der Waals surface area contributed by atoms with Gasteiger partial charge in [0.15, 0.2) is 5.82 Å². The summed E-state index contributed by atoms with van der Waals surface area (Å²) in [6.07, 6.45) is 3.93. The van der Waals surface area contributed by atoms with Gasteiger partial charge in [0.2, 0.25) is 0 Å². The topological polar surface area (TPSA) is 108 Å². The molecule has 1 aliphatic heterocycles. The Morgan fingerprint density at radius 2 is 2.11 bits per heavy atom. The molecule has 3 aromatic heterocycles. The maximum absolute atomic E-state index is 12.8. The number of pyridine rings is 1. The van der Waals surface area contributed by atoms with Crippen molar-refractivity contribution in [1.82, 2.24) is 25.1 Å². The maximum atomic E-state index is 12.8. The Hall–Kier alpha value is -3.16. The fourth-order valence-electron chi connectivity index (χ4n) is 3.38. The van der Waals surface area contributed by atoms with E-state index in [1.54, 1.807) is 29.2 Å². The molecule has 0 unspecified atom stereocenters. The highest BCUT2D eigenvalue weighted by Gasteiger charge is 2.28. The Bertz CT molecular complexity index is 981. The number of aromatic nitrogens is 4. The summed E-state index contributed by atoms with van der Waals surface area (Å²) in [4.78, 5) is 34.1. The van der Waals surface area contributed by atoms with E-state index in [1.807, 2.05) is 6.92 Å². The second-order valence-electron chi connectivity index (χ2n) is 6.65. The van der Waals surface area contributed by atoms with Gasteiger partial charge in [0.05, 0.1) is 12.0 Å². The highest BCUT2D eigenvalue weighted by Crippen LogP contribution is 2.26. The Balaban J connectivity index is 1.44. The number of furan rings is 1. The SMILES string of the molecule is CCc1nc(C2CCN(C(=O)c3ccc(-c4ccco4)[nH]c3=O)CC2)n[nH]1. The normalized spacial score (nSPS) is 15.2. The van der Waals surface area contributed by atoms with Crippen molar-refractivity contribution >= 4 is 5.91 Å². The Morgan fingerprint density at radius 1 is 1.30 bits per heavy atom. The van der Waals surface area contributed by atoms with Gasteiger partial charge in [-0.15, -0.1) is 0 Å². The molecule has 1 aliphatic rings. The molecule has 27 heavy (non-hydrogen) atoms. The lowest BCUT2D eigenvalue weighted by molar-refractivity contribution is 0.0709. The van der Waals surface area contributed by atoms with Gasteiger partial charge < -0.3 is 14.3 Å². The van der Waals surface area contributed by atoms with E-state index >= 15 is 0 Å². The fourth-order valence-corrected chi connectivity index (χ4v) is 3.38. The number of aromatic amines is 2. The number of amides is 1. The van der Waals surface area contributed by atoms with Gasteiger partial charge in [-0.2, -0.15) is 5.10 Å². The average molecular weight is 367 g/mol. The van der Waals surface area contributed by atoms with Crippen LogP contribution in [0.4, 0.5) is 0 Å². The molecule has 4 rings (SSSR count). The van der Waals surface area contributed by atoms with E-state index < -0.39 is 5.56 Å². The van der Waals surface area contributed by atoms with Gasteiger partial charge in [-0.3, -0.25) is 14.7 Å². The molecule has 140 valence electrons. The molecular weight excluding hydrogens is 346 g/mol. The van der Waals surface area contributed by atoms with E-state index in [1.165, 1.54) is 6.26 Å². The summed E-state index contributed by atoms with van der Waals surface area (Å²) in [5.41, 5.74) is 0.295. The second-order valence-corrected chi connectivity index (χ2v) is 6.65. The van der Waals surface area contributed by atoms with Crippen LogP contribution in [0.25, 0.3) is 11.5 Å². The predicted octanol–water partition coefficient (Wildman–Crippen LogP) is 2.34. The maximum Gasteiger partial charge on any atom is 0.261 e. The van der Waals surface area contributed by atoms with Gasteiger partial charge in [-0.1, -0.05) is 6.92 Å². The van der Waals surface area contributed by atoms with Crippen LogP contribution in [0.2, 0.25) is 0 Å². The molecule has 8 heteroatoms. The standard InChI is InChI=1S/C19H21N5O3/c1-2-16-21-17(23-22-16)12-7-9-24(10-8-12)19(26)13-5-6-14(20-18(13)25)15-4-3-11-27-15/h3-6,11-12H,2,7-10H2,1H3,(H,20,25)(H,21,22,23). The van der Waals surface area contributed by atoms with Crippen LogP contribution in [0, 0.1) is 0 Å². The quantitative estimate of drug-likeness (QED) is 0.736. The first-order chi connectivity index (χ1) is 13.2. The van der Waals surface area contributed by atoms with E-state index in [0.717, 1.165) is 30.9 Å². The van der Waals surface area contributed by atoms with Crippen molar-refractivity contribution in [3.8, 4) is 11.5 Å². The van der Waals surface area contributed by atoms with Crippen molar-refractivity contribution in [2.75, 3.05) is 13.1 Å². The van der Waals surface area contributed by atoms with Crippen LogP contribution in [0.5, 0.6) is 0 Å². The number of nitrogens with zero attached hydrogens (tertiary/aromatic N) is 3. The molecule has 0 bridgehead atoms. The number of piperidine rings is 1. The lowest BCUT2D eigenvalue weighted by atomic mass is 9.95. The van der Waals surface area contributed by atoms with Gasteiger partial charge in [-0.25, -0.2) is 4.98 Å². The summed E-state index contributed by atoms with van der Waals surface area (Å²) in [5.74, 6) is 2.26. The first kappa shape index (κ1) is 17.3. The molecule has 3 aromatic rings. The minimum atomic E-state index is -0.405. The van der Waals surface area contributed by atoms with Crippen molar-refractivity contribution in [3.63, 3.8) is 0 Å². The van der Waals surface area contributed by atoms with Crippen LogP contribution in [0.1, 0.15) is 47.7 Å². The number of carbonyl (C=O) groups excluding carboxylic acids is 1. The van der Waals surface area contributed by atoms with Crippen LogP contribution in [-0.4, -0.2) is 44.1 Å². The highest BCUT2D eigenvalue weighted by molar-refractivity contribution is 5.94. The van der Waals surface area contributed by atoms with Gasteiger partial charge in [-0.05, 0) is 37.1 Å². The molecule has 0 aliphatic carbocycles. The third kappa shape index (κ3) is 3.42. The molecule has 8 nitrogen and oxygen atoms in total. The molecule has 1 amide bonds. The summed E-state index contributed by atoms with van der Waals surface area (Å²) in [7, 11) is 0. The number of hydrogen-bond donors (Lipinski definition) is 2. The molecule has 0 saturated carbocycles. The van der Waals surface area contributed by atoms with E-state index in [0.29, 0.717) is 24.5 Å². The number of nitrogens with one attached hydrogen (secondary N) is 2. The molecule has 0 radical (unpaired) electrons. The Labute approximate surface area is 155 Å². The van der Waals surface area contributed by atoms with Gasteiger partial charge in [0.25, 0.3) is 11.5 Å². The number of hydrogen-bond acceptors (Lipinski definition) is 5. The number of carbonyl (C=O) groups is 1. The fraction of sp³-hybridized carbons (Fsp3) is 0.368. The molecular formula is C19H21N5O3. The zero-order chi connectivity index (χ0) is 18.8. The summed E-state index contributed by atoms with van der Waals surface area (Å²) in [6, 6.07) is 6.76. The van der Waals surface area contributed by atoms with Crippen molar-refractivity contribution in [2.45, 2.75) is 32.1 Å². The lowest BCUT2D eigenvalue weighted by Crippen LogP contribution is -2.40. The molecule has 1 saturated heterocycles. The van der Waals surface area contributed by atoms with Crippen molar-refractivity contribution in [1.29, 1.82) is 0 Å². The van der Waals surface area contributed by atoms with Crippen LogP contribution in [-0.2, 0) is 6.42 Å². The van der Waals surface area contributed by atoms with Crippen LogP contribution in [0.15, 0.2) is 39.7 Å². The van der Waals surface area contributed by atoms with E-state index in [2.05, 4.69) is 20.2 Å². The predicted molar refractivity (Wildman–Crippen MR) is 98.4 cm³/mol. The summed E-state index contributed by atoms with van der Waals surface area (Å²) in [5, 5.41) is 7.23. The molecule has 0 aromatic carbocycles. The van der Waals surface area contributed by atoms with Crippen molar-refractivity contribution in [3.05, 3.63) is 58.1 Å². The number of aryl methyl sites for hydroxylation is 1. The first-order valence-corrected chi connectivity index (χ1v) is 9.13. The van der Waals surface area contributed by atoms with Gasteiger partial charge in [0, 0.05) is 25.4 Å². The highest BCUT2D eigenvalue weighted by atomic mass is 16.3. The smallest absolute Gasteiger partial charge is 0.261 e. The lowest BCUT2D eigenvalue weighted by Gasteiger charge is -2.30. The van der Waals surface area contributed by atoms with E-state index in [-0.39, 0.29) is 17.4 Å². The van der Waals surface area contributed by atoms with E-state index in [4.69, 9.17) is 4.42 Å². The molecule has 2 N–H and O–H groups in total. The minimum absolute atomic E-state index is 0.148. The van der Waals surface area contributed by atoms with Crippen LogP contribution < -0.4 is 5.56 Å². The Kier molecular flexibility index (Phi) is 4.62. The number of likely N-dealkylation sites (tertiary alicyclic amines) is 1. The van der Waals surface area contributed by atoms with E-state index in [9.17, 15) is 9.59 Å². The third-order valence-electron chi connectivity index (χ3n) is 4.96. The zero-order valence-electron chi connectivity index (χ0n) is 15.1. The third-order valence-corrected chi connectivity index (χ3v) is 4.96. The minimum Gasteiger partial charge on any atom is -0.463 e. The van der Waals surface area contributed by atoms with Crippen LogP contribution >= 0.6 is 0 Å². The van der Waals surface area contributed by atoms with Gasteiger partial charge in [0.1, 0.15) is 17.1 Å².